The molecule has 0 bridgehead atoms. The van der Waals surface area contributed by atoms with Gasteiger partial charge in [-0.2, -0.15) is 0 Å². The Hall–Kier alpha value is -0.500. The summed E-state index contributed by atoms with van der Waals surface area (Å²) in [5, 5.41) is 24.4. The van der Waals surface area contributed by atoms with E-state index >= 15 is 0 Å². The third-order valence-electron chi connectivity index (χ3n) is 2.76. The van der Waals surface area contributed by atoms with Crippen molar-refractivity contribution in [2.24, 2.45) is 0 Å². The van der Waals surface area contributed by atoms with Gasteiger partial charge in [0.2, 0.25) is 0 Å². The first kappa shape index (κ1) is 28.3. The number of aliphatic hydroxyl groups is 2. The van der Waals surface area contributed by atoms with Crippen LogP contribution in [-0.2, 0) is 9.36 Å². The van der Waals surface area contributed by atoms with Gasteiger partial charge in [-0.15, -0.1) is 0 Å². The maximum Gasteiger partial charge on any atom is 0.466 e. The van der Waals surface area contributed by atoms with E-state index in [1.807, 2.05) is 0 Å². The van der Waals surface area contributed by atoms with Crippen LogP contribution in [0.3, 0.4) is 0 Å². The van der Waals surface area contributed by atoms with Crippen LogP contribution in [0.2, 0.25) is 0 Å². The summed E-state index contributed by atoms with van der Waals surface area (Å²) in [4.78, 5) is 31.8. The first-order valence-corrected chi connectivity index (χ1v) is 9.90. The fraction of sp³-hybridized carbons (Fsp3) is 0.933. The number of hydrogen-bond donors (Lipinski definition) is 6. The number of unbranched alkanes of at least 4 members (excludes halogenated alkanes) is 8. The van der Waals surface area contributed by atoms with E-state index in [-0.39, 0.29) is 6.61 Å². The highest BCUT2D eigenvalue weighted by Crippen LogP contribution is 2.25. The number of aliphatic hydroxyl groups excluding tert-OH is 2. The molecule has 1 unspecified atom stereocenters. The van der Waals surface area contributed by atoms with Crippen LogP contribution in [0.5, 0.6) is 0 Å². The highest BCUT2D eigenvalue weighted by atomic mass is 31.2. The predicted molar refractivity (Wildman–Crippen MR) is 92.5 cm³/mol. The number of aliphatic carboxylic acids is 1. The fourth-order valence-corrected chi connectivity index (χ4v) is 1.59. The van der Waals surface area contributed by atoms with Gasteiger partial charge in [-0.3, -0.25) is 4.79 Å². The van der Waals surface area contributed by atoms with Crippen molar-refractivity contribution in [1.29, 1.82) is 0 Å². The average Bonchev–Trinajstić information content (AvgIpc) is 2.44. The molecule has 0 aliphatic rings. The Morgan fingerprint density at radius 3 is 1.46 bits per heavy atom. The quantitative estimate of drug-likeness (QED) is 0.238. The van der Waals surface area contributed by atoms with E-state index in [0.29, 0.717) is 6.42 Å². The molecule has 0 fully saturated rings. The fourth-order valence-electron chi connectivity index (χ4n) is 1.59. The molecule has 0 spiro atoms. The Labute approximate surface area is 144 Å². The molecule has 0 saturated heterocycles. The van der Waals surface area contributed by atoms with Gasteiger partial charge < -0.3 is 30.0 Å². The standard InChI is InChI=1S/C12H24O2.C3H8O2.H3O4P/c1-2-3-4-5-6-7-8-9-10-11-12(13)14;1-3(5)2-4;1-5(2,3)4/h2-11H2,1H3,(H,13,14);3-5H,2H2,1H3;(H3,1,2,3,4). The molecule has 0 rings (SSSR count). The molecule has 148 valence electrons. The largest absolute Gasteiger partial charge is 0.481 e. The van der Waals surface area contributed by atoms with Crippen LogP contribution in [0.25, 0.3) is 0 Å². The summed E-state index contributed by atoms with van der Waals surface area (Å²) in [6.45, 7) is 3.62. The summed E-state index contributed by atoms with van der Waals surface area (Å²) in [7, 11) is -4.64. The molecule has 24 heavy (non-hydrogen) atoms. The molecule has 0 aromatic heterocycles. The number of rotatable bonds is 11. The minimum atomic E-state index is -4.64. The van der Waals surface area contributed by atoms with Crippen molar-refractivity contribution >= 4 is 13.8 Å². The Balaban J connectivity index is -0.000000361. The summed E-state index contributed by atoms with van der Waals surface area (Å²) in [6.07, 6.45) is 10.9. The van der Waals surface area contributed by atoms with Crippen molar-refractivity contribution < 1.29 is 39.4 Å². The van der Waals surface area contributed by atoms with Gasteiger partial charge in [0, 0.05) is 6.42 Å². The van der Waals surface area contributed by atoms with Crippen molar-refractivity contribution in [3.05, 3.63) is 0 Å². The van der Waals surface area contributed by atoms with Gasteiger partial charge in [0.05, 0.1) is 12.7 Å². The lowest BCUT2D eigenvalue weighted by atomic mass is 10.1. The second-order valence-electron chi connectivity index (χ2n) is 5.52. The van der Waals surface area contributed by atoms with E-state index in [2.05, 4.69) is 6.92 Å². The number of carboxylic acids is 1. The summed E-state index contributed by atoms with van der Waals surface area (Å²) in [5.41, 5.74) is 0. The van der Waals surface area contributed by atoms with Crippen LogP contribution in [0.15, 0.2) is 0 Å². The molecule has 0 saturated carbocycles. The lowest BCUT2D eigenvalue weighted by Crippen LogP contribution is -2.03. The van der Waals surface area contributed by atoms with Crippen molar-refractivity contribution in [1.82, 2.24) is 0 Å². The maximum absolute atomic E-state index is 10.2. The number of carboxylic acid groups (broad SMARTS) is 1. The van der Waals surface area contributed by atoms with Gasteiger partial charge in [0.15, 0.2) is 0 Å². The van der Waals surface area contributed by atoms with Crippen LogP contribution < -0.4 is 0 Å². The molecule has 8 nitrogen and oxygen atoms in total. The molecule has 9 heteroatoms. The van der Waals surface area contributed by atoms with Gasteiger partial charge in [0.1, 0.15) is 0 Å². The van der Waals surface area contributed by atoms with Gasteiger partial charge in [-0.1, -0.05) is 58.3 Å². The van der Waals surface area contributed by atoms with E-state index < -0.39 is 19.9 Å². The second kappa shape index (κ2) is 20.5. The third-order valence-corrected chi connectivity index (χ3v) is 2.76. The van der Waals surface area contributed by atoms with Crippen molar-refractivity contribution in [2.75, 3.05) is 6.61 Å². The zero-order valence-corrected chi connectivity index (χ0v) is 15.7. The molecule has 0 aromatic rings. The van der Waals surface area contributed by atoms with Crippen LogP contribution in [-0.4, -0.2) is 48.7 Å². The van der Waals surface area contributed by atoms with Crippen molar-refractivity contribution in [3.8, 4) is 0 Å². The van der Waals surface area contributed by atoms with Crippen LogP contribution in [0.4, 0.5) is 0 Å². The normalized spacial score (nSPS) is 11.6. The third kappa shape index (κ3) is 57.8. The SMILES string of the molecule is CC(O)CO.CCCCCCCCCCCC(=O)O.O=P(O)(O)O. The minimum Gasteiger partial charge on any atom is -0.481 e. The van der Waals surface area contributed by atoms with Crippen LogP contribution in [0.1, 0.15) is 78.1 Å². The monoisotopic (exact) mass is 374 g/mol. The van der Waals surface area contributed by atoms with Crippen LogP contribution in [0, 0.1) is 0 Å². The van der Waals surface area contributed by atoms with Gasteiger partial charge in [0.25, 0.3) is 0 Å². The minimum absolute atomic E-state index is 0.139. The molecule has 6 N–H and O–H groups in total. The second-order valence-corrected chi connectivity index (χ2v) is 6.54. The van der Waals surface area contributed by atoms with E-state index in [1.165, 1.54) is 51.9 Å². The lowest BCUT2D eigenvalue weighted by Gasteiger charge is -2.00. The smallest absolute Gasteiger partial charge is 0.466 e. The van der Waals surface area contributed by atoms with Crippen molar-refractivity contribution in [2.45, 2.75) is 84.2 Å². The zero-order valence-electron chi connectivity index (χ0n) is 14.8. The molecule has 0 aliphatic carbocycles. The number of carbonyl (C=O) groups is 1. The summed E-state index contributed by atoms with van der Waals surface area (Å²) in [5.74, 6) is -0.659. The highest BCUT2D eigenvalue weighted by Gasteiger charge is 2.00. The zero-order chi connectivity index (χ0) is 19.4. The molecule has 0 amide bonds. The molecular weight excluding hydrogens is 339 g/mol. The molecular formula is C15H35O8P. The average molecular weight is 374 g/mol. The Morgan fingerprint density at radius 1 is 0.917 bits per heavy atom. The molecule has 0 aliphatic heterocycles. The Bertz CT molecular complexity index is 296. The first-order valence-electron chi connectivity index (χ1n) is 8.33. The van der Waals surface area contributed by atoms with E-state index in [9.17, 15) is 4.79 Å². The highest BCUT2D eigenvalue weighted by molar-refractivity contribution is 7.45. The van der Waals surface area contributed by atoms with Crippen molar-refractivity contribution in [3.63, 3.8) is 0 Å². The maximum atomic E-state index is 10.2. The van der Waals surface area contributed by atoms with Crippen LogP contribution >= 0.6 is 7.82 Å². The van der Waals surface area contributed by atoms with E-state index in [4.69, 9.17) is 34.6 Å². The predicted octanol–water partition coefficient (Wildman–Crippen LogP) is 2.42. The molecule has 1 atom stereocenters. The van der Waals surface area contributed by atoms with Gasteiger partial charge in [-0.25, -0.2) is 4.57 Å². The lowest BCUT2D eigenvalue weighted by molar-refractivity contribution is -0.137. The Morgan fingerprint density at radius 2 is 1.21 bits per heavy atom. The topological polar surface area (TPSA) is 156 Å². The molecule has 0 aromatic carbocycles. The molecule has 0 radical (unpaired) electrons. The summed E-state index contributed by atoms with van der Waals surface area (Å²) in [6, 6.07) is 0. The van der Waals surface area contributed by atoms with E-state index in [1.54, 1.807) is 0 Å². The van der Waals surface area contributed by atoms with E-state index in [0.717, 1.165) is 12.8 Å². The first-order chi connectivity index (χ1) is 11.0. The summed E-state index contributed by atoms with van der Waals surface area (Å²) < 4.78 is 8.88. The number of phosphoric acid groups is 1. The Kier molecular flexibility index (Phi) is 24.2. The summed E-state index contributed by atoms with van der Waals surface area (Å²) >= 11 is 0. The van der Waals surface area contributed by atoms with Gasteiger partial charge >= 0.3 is 13.8 Å². The number of hydrogen-bond acceptors (Lipinski definition) is 4. The van der Waals surface area contributed by atoms with Gasteiger partial charge in [-0.05, 0) is 13.3 Å². The molecule has 0 heterocycles.